The van der Waals surface area contributed by atoms with Crippen molar-refractivity contribution in [2.45, 2.75) is 13.8 Å². The normalized spacial score (nSPS) is 13.5. The lowest BCUT2D eigenvalue weighted by atomic mass is 10.1. The van der Waals surface area contributed by atoms with Gasteiger partial charge in [-0.15, -0.1) is 0 Å². The van der Waals surface area contributed by atoms with Crippen LogP contribution in [0.1, 0.15) is 42.5 Å². The van der Waals surface area contributed by atoms with Gasteiger partial charge in [-0.1, -0.05) is 0 Å². The van der Waals surface area contributed by atoms with E-state index in [1.165, 1.54) is 18.2 Å². The summed E-state index contributed by atoms with van der Waals surface area (Å²) in [5.41, 5.74) is 1.41. The van der Waals surface area contributed by atoms with Crippen molar-refractivity contribution in [3.05, 3.63) is 52.3 Å². The fourth-order valence-electron chi connectivity index (χ4n) is 2.36. The Hall–Kier alpha value is -3.09. The topological polar surface area (TPSA) is 100 Å². The predicted octanol–water partition coefficient (Wildman–Crippen LogP) is 1.59. The summed E-state index contributed by atoms with van der Waals surface area (Å²) >= 11 is 0. The number of carbonyl (C=O) groups excluding carboxylic acids is 2. The van der Waals surface area contributed by atoms with Gasteiger partial charge in [0.1, 0.15) is 0 Å². The van der Waals surface area contributed by atoms with Gasteiger partial charge in [-0.3, -0.25) is 9.59 Å². The van der Waals surface area contributed by atoms with E-state index in [-0.39, 0.29) is 22.6 Å². The van der Waals surface area contributed by atoms with Crippen LogP contribution in [0.4, 0.5) is 5.95 Å². The SMILES string of the molecule is Cc1cc(C)nc(N2C(=O)c3ccc(C(=O)O)cc3C2=O)n1. The summed E-state index contributed by atoms with van der Waals surface area (Å²) in [5.74, 6) is -2.33. The fraction of sp³-hybridized carbons (Fsp3) is 0.133. The maximum atomic E-state index is 12.4. The Morgan fingerprint density at radius 2 is 1.59 bits per heavy atom. The van der Waals surface area contributed by atoms with Gasteiger partial charge < -0.3 is 5.11 Å². The van der Waals surface area contributed by atoms with Crippen LogP contribution in [-0.2, 0) is 0 Å². The number of hydrogen-bond acceptors (Lipinski definition) is 5. The van der Waals surface area contributed by atoms with Crippen LogP contribution in [-0.4, -0.2) is 32.9 Å². The molecule has 2 aromatic rings. The molecule has 1 aromatic carbocycles. The number of fused-ring (bicyclic) bond motifs is 1. The molecule has 3 rings (SSSR count). The fourth-order valence-corrected chi connectivity index (χ4v) is 2.36. The molecule has 1 aromatic heterocycles. The molecule has 110 valence electrons. The van der Waals surface area contributed by atoms with E-state index in [4.69, 9.17) is 5.11 Å². The molecule has 7 nitrogen and oxygen atoms in total. The lowest BCUT2D eigenvalue weighted by molar-refractivity contribution is 0.0696. The van der Waals surface area contributed by atoms with Crippen molar-refractivity contribution in [3.63, 3.8) is 0 Å². The average Bonchev–Trinajstić information content (AvgIpc) is 2.69. The maximum absolute atomic E-state index is 12.4. The molecule has 0 saturated heterocycles. The Balaban J connectivity index is 2.12. The Bertz CT molecular complexity index is 824. The first-order valence-corrected chi connectivity index (χ1v) is 6.47. The van der Waals surface area contributed by atoms with Crippen LogP contribution in [0.5, 0.6) is 0 Å². The van der Waals surface area contributed by atoms with Gasteiger partial charge in [0.25, 0.3) is 11.8 Å². The van der Waals surface area contributed by atoms with E-state index in [1.807, 2.05) is 0 Å². The highest BCUT2D eigenvalue weighted by atomic mass is 16.4. The number of carbonyl (C=O) groups is 3. The number of imide groups is 1. The molecule has 0 atom stereocenters. The molecule has 0 radical (unpaired) electrons. The molecular weight excluding hydrogens is 286 g/mol. The number of hydrogen-bond donors (Lipinski definition) is 1. The first-order chi connectivity index (χ1) is 10.4. The second kappa shape index (κ2) is 4.73. The Labute approximate surface area is 125 Å². The van der Waals surface area contributed by atoms with E-state index in [2.05, 4.69) is 9.97 Å². The van der Waals surface area contributed by atoms with Crippen LogP contribution >= 0.6 is 0 Å². The second-order valence-corrected chi connectivity index (χ2v) is 4.96. The summed E-state index contributed by atoms with van der Waals surface area (Å²) in [6.45, 7) is 3.47. The molecule has 0 saturated carbocycles. The van der Waals surface area contributed by atoms with E-state index >= 15 is 0 Å². The van der Waals surface area contributed by atoms with E-state index in [0.29, 0.717) is 11.4 Å². The number of amides is 2. The number of benzene rings is 1. The Kier molecular flexibility index (Phi) is 2.98. The van der Waals surface area contributed by atoms with Gasteiger partial charge in [-0.05, 0) is 38.1 Å². The number of nitrogens with zero attached hydrogens (tertiary/aromatic N) is 3. The standard InChI is InChI=1S/C15H11N3O4/c1-7-5-8(2)17-15(16-7)18-12(19)10-4-3-9(14(21)22)6-11(10)13(18)20/h3-6H,1-2H3,(H,21,22). The minimum absolute atomic E-state index is 0.000532. The first-order valence-electron chi connectivity index (χ1n) is 6.47. The van der Waals surface area contributed by atoms with E-state index in [0.717, 1.165) is 4.90 Å². The molecule has 7 heteroatoms. The van der Waals surface area contributed by atoms with Gasteiger partial charge >= 0.3 is 5.97 Å². The van der Waals surface area contributed by atoms with Crippen molar-refractivity contribution in [2.24, 2.45) is 0 Å². The summed E-state index contributed by atoms with van der Waals surface area (Å²) < 4.78 is 0. The summed E-state index contributed by atoms with van der Waals surface area (Å²) in [6.07, 6.45) is 0. The largest absolute Gasteiger partial charge is 0.478 e. The van der Waals surface area contributed by atoms with Crippen molar-refractivity contribution in [2.75, 3.05) is 4.90 Å². The zero-order valence-electron chi connectivity index (χ0n) is 11.8. The maximum Gasteiger partial charge on any atom is 0.335 e. The molecule has 1 aliphatic heterocycles. The van der Waals surface area contributed by atoms with Crippen molar-refractivity contribution >= 4 is 23.7 Å². The van der Waals surface area contributed by atoms with Crippen molar-refractivity contribution < 1.29 is 19.5 Å². The van der Waals surface area contributed by atoms with Crippen LogP contribution in [0.25, 0.3) is 0 Å². The van der Waals surface area contributed by atoms with Crippen molar-refractivity contribution in [3.8, 4) is 0 Å². The molecule has 0 spiro atoms. The van der Waals surface area contributed by atoms with Crippen LogP contribution in [0.15, 0.2) is 24.3 Å². The molecular formula is C15H11N3O4. The quantitative estimate of drug-likeness (QED) is 0.845. The third-order valence-electron chi connectivity index (χ3n) is 3.30. The number of carboxylic acid groups (broad SMARTS) is 1. The van der Waals surface area contributed by atoms with Crippen molar-refractivity contribution in [1.82, 2.24) is 9.97 Å². The van der Waals surface area contributed by atoms with Gasteiger partial charge in [0.15, 0.2) is 0 Å². The minimum Gasteiger partial charge on any atom is -0.478 e. The molecule has 0 aliphatic carbocycles. The third kappa shape index (κ3) is 2.03. The summed E-state index contributed by atoms with van der Waals surface area (Å²) in [4.78, 5) is 44.9. The molecule has 0 unspecified atom stereocenters. The van der Waals surface area contributed by atoms with E-state index in [1.54, 1.807) is 19.9 Å². The summed E-state index contributed by atoms with van der Waals surface area (Å²) in [6, 6.07) is 5.55. The zero-order chi connectivity index (χ0) is 16.0. The van der Waals surface area contributed by atoms with Gasteiger partial charge in [-0.2, -0.15) is 0 Å². The van der Waals surface area contributed by atoms with Gasteiger partial charge in [0.05, 0.1) is 16.7 Å². The minimum atomic E-state index is -1.16. The second-order valence-electron chi connectivity index (χ2n) is 4.96. The highest BCUT2D eigenvalue weighted by molar-refractivity contribution is 6.34. The third-order valence-corrected chi connectivity index (χ3v) is 3.30. The number of aromatic nitrogens is 2. The Morgan fingerprint density at radius 1 is 1.00 bits per heavy atom. The molecule has 2 heterocycles. The lowest BCUT2D eigenvalue weighted by Gasteiger charge is -2.12. The molecule has 1 N–H and O–H groups in total. The highest BCUT2D eigenvalue weighted by Crippen LogP contribution is 2.27. The molecule has 0 bridgehead atoms. The van der Waals surface area contributed by atoms with Gasteiger partial charge in [0, 0.05) is 11.4 Å². The van der Waals surface area contributed by atoms with Gasteiger partial charge in [-0.25, -0.2) is 19.7 Å². The van der Waals surface area contributed by atoms with E-state index < -0.39 is 17.8 Å². The highest BCUT2D eigenvalue weighted by Gasteiger charge is 2.38. The zero-order valence-corrected chi connectivity index (χ0v) is 11.8. The average molecular weight is 297 g/mol. The molecule has 22 heavy (non-hydrogen) atoms. The number of aromatic carboxylic acids is 1. The number of anilines is 1. The van der Waals surface area contributed by atoms with Gasteiger partial charge in [0.2, 0.25) is 5.95 Å². The van der Waals surface area contributed by atoms with Crippen LogP contribution in [0.3, 0.4) is 0 Å². The summed E-state index contributed by atoms with van der Waals surface area (Å²) in [7, 11) is 0. The van der Waals surface area contributed by atoms with E-state index in [9.17, 15) is 14.4 Å². The Morgan fingerprint density at radius 3 is 2.18 bits per heavy atom. The molecule has 1 aliphatic rings. The first kappa shape index (κ1) is 13.9. The lowest BCUT2D eigenvalue weighted by Crippen LogP contribution is -2.31. The monoisotopic (exact) mass is 297 g/mol. The number of rotatable bonds is 2. The van der Waals surface area contributed by atoms with Crippen molar-refractivity contribution in [1.29, 1.82) is 0 Å². The molecule has 2 amide bonds. The predicted molar refractivity (Wildman–Crippen MR) is 76.0 cm³/mol. The number of carboxylic acids is 1. The van der Waals surface area contributed by atoms with Crippen LogP contribution < -0.4 is 4.90 Å². The number of aryl methyl sites for hydroxylation is 2. The van der Waals surface area contributed by atoms with Crippen LogP contribution in [0.2, 0.25) is 0 Å². The summed E-state index contributed by atoms with van der Waals surface area (Å²) in [5, 5.41) is 8.99. The smallest absolute Gasteiger partial charge is 0.335 e. The van der Waals surface area contributed by atoms with Crippen LogP contribution in [0, 0.1) is 13.8 Å². The molecule has 0 fully saturated rings.